The van der Waals surface area contributed by atoms with Crippen LogP contribution in [0.25, 0.3) is 0 Å². The first-order chi connectivity index (χ1) is 17.5. The van der Waals surface area contributed by atoms with Crippen molar-refractivity contribution in [2.24, 2.45) is 4.99 Å². The summed E-state index contributed by atoms with van der Waals surface area (Å²) < 4.78 is 0. The summed E-state index contributed by atoms with van der Waals surface area (Å²) in [5.41, 5.74) is 3.32. The molecule has 2 aromatic carbocycles. The number of aliphatic hydroxyl groups is 5. The molecule has 0 heterocycles. The van der Waals surface area contributed by atoms with E-state index in [1.807, 2.05) is 21.9 Å². The molecule has 0 saturated heterocycles. The highest BCUT2D eigenvalue weighted by molar-refractivity contribution is 6.49. The molecule has 0 bridgehead atoms. The lowest BCUT2D eigenvalue weighted by Gasteiger charge is -2.23. The number of benzene rings is 2. The third kappa shape index (κ3) is 7.15. The van der Waals surface area contributed by atoms with Crippen molar-refractivity contribution in [3.8, 4) is 0 Å². The largest absolute Gasteiger partial charge is 0.506 e. The van der Waals surface area contributed by atoms with E-state index in [4.69, 9.17) is 0 Å². The highest BCUT2D eigenvalue weighted by atomic mass is 16.3. The molecule has 0 saturated carbocycles. The maximum absolute atomic E-state index is 12.4. The Labute approximate surface area is 209 Å². The van der Waals surface area contributed by atoms with Gasteiger partial charge < -0.3 is 40.6 Å². The number of ketones is 1. The number of anilines is 3. The fraction of sp³-hybridized carbons (Fsp3) is 0.308. The summed E-state index contributed by atoms with van der Waals surface area (Å²) >= 11 is 0. The number of nitrogens with zero attached hydrogens (tertiary/aromatic N) is 3. The minimum absolute atomic E-state index is 0.0337. The lowest BCUT2D eigenvalue weighted by atomic mass is 10.1. The first-order valence-corrected chi connectivity index (χ1v) is 11.6. The van der Waals surface area contributed by atoms with Gasteiger partial charge in [0.1, 0.15) is 11.5 Å². The van der Waals surface area contributed by atoms with Crippen LogP contribution in [-0.2, 0) is 4.79 Å². The van der Waals surface area contributed by atoms with Crippen molar-refractivity contribution < 1.29 is 30.3 Å². The van der Waals surface area contributed by atoms with Gasteiger partial charge in [-0.15, -0.1) is 0 Å². The van der Waals surface area contributed by atoms with Crippen LogP contribution in [0.5, 0.6) is 0 Å². The summed E-state index contributed by atoms with van der Waals surface area (Å²) in [5, 5.41) is 50.3. The standard InChI is InChI=1S/C26H32N4O6/c31-13-9-29(10-14-32)21-5-1-19(2-6-21)27-23-17-24(26(36)18-25(23)35)28-20-3-7-22(8-4-20)30(11-15-33)12-16-34/h1-8,17-18,27,31-35H,9-16H2. The third-order valence-electron chi connectivity index (χ3n) is 5.53. The third-order valence-corrected chi connectivity index (χ3v) is 5.53. The first-order valence-electron chi connectivity index (χ1n) is 11.6. The fourth-order valence-electron chi connectivity index (χ4n) is 3.76. The minimum Gasteiger partial charge on any atom is -0.506 e. The summed E-state index contributed by atoms with van der Waals surface area (Å²) in [6.07, 6.45) is 2.59. The molecule has 36 heavy (non-hydrogen) atoms. The van der Waals surface area contributed by atoms with E-state index < -0.39 is 5.78 Å². The van der Waals surface area contributed by atoms with E-state index in [1.165, 1.54) is 6.08 Å². The van der Waals surface area contributed by atoms with Crippen molar-refractivity contribution in [2.75, 3.05) is 67.7 Å². The molecule has 1 aliphatic rings. The van der Waals surface area contributed by atoms with Crippen molar-refractivity contribution in [2.45, 2.75) is 0 Å². The van der Waals surface area contributed by atoms with Gasteiger partial charge in [-0.1, -0.05) is 0 Å². The van der Waals surface area contributed by atoms with Crippen molar-refractivity contribution in [3.05, 3.63) is 72.1 Å². The summed E-state index contributed by atoms with van der Waals surface area (Å²) in [6.45, 7) is 1.41. The van der Waals surface area contributed by atoms with Crippen LogP contribution in [0.4, 0.5) is 22.7 Å². The number of aliphatic imine (C=N–C) groups is 1. The van der Waals surface area contributed by atoms with E-state index in [9.17, 15) is 30.3 Å². The normalized spacial score (nSPS) is 14.4. The molecule has 0 aliphatic heterocycles. The van der Waals surface area contributed by atoms with Gasteiger partial charge in [-0.25, -0.2) is 4.99 Å². The Bertz CT molecular complexity index is 1080. The number of allylic oxidation sites excluding steroid dienone is 2. The number of hydrogen-bond acceptors (Lipinski definition) is 10. The lowest BCUT2D eigenvalue weighted by molar-refractivity contribution is -0.109. The van der Waals surface area contributed by atoms with Crippen LogP contribution in [0, 0.1) is 0 Å². The predicted molar refractivity (Wildman–Crippen MR) is 140 cm³/mol. The first kappa shape index (κ1) is 26.9. The van der Waals surface area contributed by atoms with E-state index >= 15 is 0 Å². The number of hydrogen-bond donors (Lipinski definition) is 6. The Kier molecular flexibility index (Phi) is 10.0. The van der Waals surface area contributed by atoms with E-state index in [2.05, 4.69) is 10.3 Å². The quantitative estimate of drug-likeness (QED) is 0.226. The second-order valence-electron chi connectivity index (χ2n) is 8.01. The summed E-state index contributed by atoms with van der Waals surface area (Å²) in [5.74, 6) is -0.632. The van der Waals surface area contributed by atoms with Crippen LogP contribution < -0.4 is 15.1 Å². The fourth-order valence-corrected chi connectivity index (χ4v) is 3.76. The molecule has 0 fully saturated rings. The highest BCUT2D eigenvalue weighted by Crippen LogP contribution is 2.24. The SMILES string of the molecule is O=C1C=C(O)C(Nc2ccc(N(CCO)CCO)cc2)=CC1=Nc1ccc(N(CCO)CCO)cc1. The molecular weight excluding hydrogens is 464 g/mol. The smallest absolute Gasteiger partial charge is 0.208 e. The summed E-state index contributed by atoms with van der Waals surface area (Å²) in [6, 6.07) is 14.3. The number of carbonyl (C=O) groups is 1. The van der Waals surface area contributed by atoms with Crippen LogP contribution in [0.3, 0.4) is 0 Å². The van der Waals surface area contributed by atoms with Gasteiger partial charge in [-0.3, -0.25) is 4.79 Å². The molecular formula is C26H32N4O6. The van der Waals surface area contributed by atoms with Crippen LogP contribution in [-0.4, -0.2) is 89.6 Å². The number of carbonyl (C=O) groups excluding carboxylic acids is 1. The summed E-state index contributed by atoms with van der Waals surface area (Å²) in [7, 11) is 0. The second kappa shape index (κ2) is 13.4. The van der Waals surface area contributed by atoms with Crippen LogP contribution >= 0.6 is 0 Å². The average Bonchev–Trinajstić information content (AvgIpc) is 2.87. The molecule has 2 aromatic rings. The Morgan fingerprint density at radius 3 is 1.64 bits per heavy atom. The second-order valence-corrected chi connectivity index (χ2v) is 8.01. The van der Waals surface area contributed by atoms with Gasteiger partial charge in [-0.2, -0.15) is 0 Å². The zero-order chi connectivity index (χ0) is 25.9. The molecule has 0 amide bonds. The molecule has 0 unspecified atom stereocenters. The van der Waals surface area contributed by atoms with Gasteiger partial charge in [0, 0.05) is 49.3 Å². The average molecular weight is 497 g/mol. The predicted octanol–water partition coefficient (Wildman–Crippen LogP) is 1.36. The maximum atomic E-state index is 12.4. The molecule has 10 heteroatoms. The number of nitrogens with one attached hydrogen (secondary N) is 1. The maximum Gasteiger partial charge on any atom is 0.208 e. The molecule has 1 aliphatic carbocycles. The number of aliphatic hydroxyl groups excluding tert-OH is 5. The van der Waals surface area contributed by atoms with Crippen LogP contribution in [0.1, 0.15) is 0 Å². The lowest BCUT2D eigenvalue weighted by Crippen LogP contribution is -2.29. The topological polar surface area (TPSA) is 149 Å². The van der Waals surface area contributed by atoms with Gasteiger partial charge in [0.05, 0.1) is 37.8 Å². The molecule has 0 spiro atoms. The Hall–Kier alpha value is -3.70. The zero-order valence-corrected chi connectivity index (χ0v) is 19.9. The molecule has 3 rings (SSSR count). The van der Waals surface area contributed by atoms with E-state index in [1.54, 1.807) is 36.4 Å². The molecule has 0 atom stereocenters. The molecule has 6 N–H and O–H groups in total. The highest BCUT2D eigenvalue weighted by Gasteiger charge is 2.19. The molecule has 0 radical (unpaired) electrons. The van der Waals surface area contributed by atoms with Crippen LogP contribution in [0.2, 0.25) is 0 Å². The van der Waals surface area contributed by atoms with Gasteiger partial charge in [0.2, 0.25) is 5.78 Å². The minimum atomic E-state index is -0.427. The van der Waals surface area contributed by atoms with Gasteiger partial charge in [0.25, 0.3) is 0 Å². The Morgan fingerprint density at radius 1 is 0.694 bits per heavy atom. The van der Waals surface area contributed by atoms with Crippen molar-refractivity contribution >= 4 is 34.2 Å². The van der Waals surface area contributed by atoms with E-state index in [-0.39, 0.29) is 37.9 Å². The van der Waals surface area contributed by atoms with Gasteiger partial charge in [-0.05, 0) is 54.6 Å². The zero-order valence-electron chi connectivity index (χ0n) is 19.9. The van der Waals surface area contributed by atoms with Crippen molar-refractivity contribution in [1.82, 2.24) is 0 Å². The molecule has 0 aromatic heterocycles. The van der Waals surface area contributed by atoms with Crippen molar-refractivity contribution in [1.29, 1.82) is 0 Å². The van der Waals surface area contributed by atoms with Gasteiger partial charge >= 0.3 is 0 Å². The van der Waals surface area contributed by atoms with Gasteiger partial charge in [0.15, 0.2) is 0 Å². The molecule has 192 valence electrons. The van der Waals surface area contributed by atoms with E-state index in [0.29, 0.717) is 43.3 Å². The summed E-state index contributed by atoms with van der Waals surface area (Å²) in [4.78, 5) is 20.6. The number of rotatable bonds is 13. The Morgan fingerprint density at radius 2 is 1.17 bits per heavy atom. The molecule has 10 nitrogen and oxygen atoms in total. The van der Waals surface area contributed by atoms with Crippen molar-refractivity contribution in [3.63, 3.8) is 0 Å². The monoisotopic (exact) mass is 496 g/mol. The Balaban J connectivity index is 1.77. The van der Waals surface area contributed by atoms with E-state index in [0.717, 1.165) is 17.5 Å². The van der Waals surface area contributed by atoms with Crippen LogP contribution in [0.15, 0.2) is 77.1 Å².